The minimum absolute atomic E-state index is 1.15. The van der Waals surface area contributed by atoms with Crippen LogP contribution in [0.5, 0.6) is 0 Å². The third kappa shape index (κ3) is 5.23. The Labute approximate surface area is 358 Å². The van der Waals surface area contributed by atoms with Crippen LogP contribution in [0.25, 0.3) is 121 Å². The number of para-hydroxylation sites is 3. The first-order valence-corrected chi connectivity index (χ1v) is 21.4. The summed E-state index contributed by atoms with van der Waals surface area (Å²) in [6, 6.07) is 84.8. The topological polar surface area (TPSA) is 9.86 Å². The summed E-state index contributed by atoms with van der Waals surface area (Å²) in [5.41, 5.74) is 14.4. The van der Waals surface area contributed by atoms with Crippen LogP contribution >= 0.6 is 0 Å². The van der Waals surface area contributed by atoms with E-state index in [1.54, 1.807) is 0 Å². The highest BCUT2D eigenvalue weighted by atomic mass is 15.0. The van der Waals surface area contributed by atoms with Crippen LogP contribution < -0.4 is 0 Å². The van der Waals surface area contributed by atoms with Gasteiger partial charge in [-0.3, -0.25) is 0 Å². The van der Waals surface area contributed by atoms with Gasteiger partial charge in [-0.2, -0.15) is 0 Å². The molecule has 0 saturated heterocycles. The monoisotopic (exact) mass is 786 g/mol. The van der Waals surface area contributed by atoms with E-state index in [2.05, 4.69) is 240 Å². The summed E-state index contributed by atoms with van der Waals surface area (Å²) < 4.78 is 4.86. The van der Waals surface area contributed by atoms with E-state index < -0.39 is 0 Å². The molecule has 0 N–H and O–H groups in total. The van der Waals surface area contributed by atoms with E-state index in [9.17, 15) is 0 Å². The van der Waals surface area contributed by atoms with Crippen molar-refractivity contribution in [3.05, 3.63) is 231 Å². The molecule has 2 aromatic heterocycles. The Morgan fingerprint density at radius 1 is 0.210 bits per heavy atom. The van der Waals surface area contributed by atoms with Crippen LogP contribution in [-0.2, 0) is 0 Å². The molecule has 11 aromatic carbocycles. The van der Waals surface area contributed by atoms with Gasteiger partial charge in [0.15, 0.2) is 0 Å². The summed E-state index contributed by atoms with van der Waals surface area (Å²) in [6.07, 6.45) is 0. The summed E-state index contributed by atoms with van der Waals surface area (Å²) in [7, 11) is 0. The van der Waals surface area contributed by atoms with Gasteiger partial charge in [0, 0.05) is 32.9 Å². The summed E-state index contributed by atoms with van der Waals surface area (Å²) in [4.78, 5) is 0. The molecule has 288 valence electrons. The van der Waals surface area contributed by atoms with E-state index in [0.717, 1.165) is 5.69 Å². The molecule has 0 saturated carbocycles. The number of nitrogens with zero attached hydrogens (tertiary/aromatic N) is 2. The van der Waals surface area contributed by atoms with Crippen LogP contribution in [0.4, 0.5) is 0 Å². The predicted molar refractivity (Wildman–Crippen MR) is 264 cm³/mol. The molecule has 0 fully saturated rings. The van der Waals surface area contributed by atoms with Gasteiger partial charge in [0.25, 0.3) is 0 Å². The van der Waals surface area contributed by atoms with Gasteiger partial charge in [0.05, 0.1) is 22.1 Å². The van der Waals surface area contributed by atoms with Gasteiger partial charge in [-0.25, -0.2) is 0 Å². The van der Waals surface area contributed by atoms with E-state index in [1.807, 2.05) is 0 Å². The second-order valence-electron chi connectivity index (χ2n) is 16.5. The molecule has 0 atom stereocenters. The van der Waals surface area contributed by atoms with Crippen molar-refractivity contribution in [1.29, 1.82) is 0 Å². The van der Waals surface area contributed by atoms with Crippen molar-refractivity contribution in [1.82, 2.24) is 9.13 Å². The highest BCUT2D eigenvalue weighted by Gasteiger charge is 2.20. The molecule has 2 heterocycles. The zero-order chi connectivity index (χ0) is 40.7. The normalized spacial score (nSPS) is 11.9. The average molecular weight is 787 g/mol. The summed E-state index contributed by atoms with van der Waals surface area (Å²) in [5, 5.41) is 12.6. The van der Waals surface area contributed by atoms with Crippen LogP contribution in [0.1, 0.15) is 0 Å². The maximum absolute atomic E-state index is 2.48. The number of fused-ring (bicyclic) bond motifs is 12. The second kappa shape index (κ2) is 13.7. The highest BCUT2D eigenvalue weighted by Crippen LogP contribution is 2.44. The SMILES string of the molecule is c1ccc(-c2ccc(-c3cc(-n4c5ccccc5c5cc(-c6ccc7c(c6)c6ccccc6n7-c6ccccc6)ccc54)cc4c5ccccc5c5ccccc5c34)cc2)cc1. The summed E-state index contributed by atoms with van der Waals surface area (Å²) in [5.74, 6) is 0. The first-order valence-electron chi connectivity index (χ1n) is 21.4. The zero-order valence-electron chi connectivity index (χ0n) is 33.8. The Hall–Kier alpha value is -8.20. The van der Waals surface area contributed by atoms with Crippen molar-refractivity contribution in [2.75, 3.05) is 0 Å². The minimum Gasteiger partial charge on any atom is -0.309 e. The van der Waals surface area contributed by atoms with Crippen LogP contribution in [-0.4, -0.2) is 9.13 Å². The number of aromatic nitrogens is 2. The standard InChI is InChI=1S/C60H38N2/c1-3-15-39(16-4-1)40-27-29-41(30-28-40)52-37-45(38-55-48-21-8-7-19-46(48)47-20-9-10-24-51(47)60(52)55)62-57-26-14-12-23-50(57)54-36-43(32-34-59(54)62)42-31-33-58-53(35-42)49-22-11-13-25-56(49)61(58)44-17-5-2-6-18-44/h1-38H. The molecule has 0 aliphatic rings. The Bertz CT molecular complexity index is 3890. The van der Waals surface area contributed by atoms with Crippen LogP contribution in [0.3, 0.4) is 0 Å². The lowest BCUT2D eigenvalue weighted by Gasteiger charge is -2.18. The Morgan fingerprint density at radius 3 is 1.21 bits per heavy atom. The maximum Gasteiger partial charge on any atom is 0.0541 e. The number of hydrogen-bond donors (Lipinski definition) is 0. The third-order valence-corrected chi connectivity index (χ3v) is 13.1. The highest BCUT2D eigenvalue weighted by molar-refractivity contribution is 6.29. The van der Waals surface area contributed by atoms with Gasteiger partial charge in [0.2, 0.25) is 0 Å². The molecule has 13 aromatic rings. The zero-order valence-corrected chi connectivity index (χ0v) is 33.8. The first kappa shape index (κ1) is 34.6. The van der Waals surface area contributed by atoms with E-state index >= 15 is 0 Å². The molecule has 0 bridgehead atoms. The molecule has 0 unspecified atom stereocenters. The average Bonchev–Trinajstić information content (AvgIpc) is 3.86. The molecular formula is C60H38N2. The lowest BCUT2D eigenvalue weighted by Crippen LogP contribution is -1.97. The Kier molecular flexibility index (Phi) is 7.64. The Morgan fingerprint density at radius 2 is 0.613 bits per heavy atom. The van der Waals surface area contributed by atoms with Gasteiger partial charge in [-0.15, -0.1) is 0 Å². The van der Waals surface area contributed by atoms with Crippen molar-refractivity contribution >= 4 is 75.9 Å². The lowest BCUT2D eigenvalue weighted by atomic mass is 9.88. The van der Waals surface area contributed by atoms with Gasteiger partial charge in [0.1, 0.15) is 0 Å². The van der Waals surface area contributed by atoms with Crippen molar-refractivity contribution < 1.29 is 0 Å². The lowest BCUT2D eigenvalue weighted by molar-refractivity contribution is 1.18. The predicted octanol–water partition coefficient (Wildman–Crippen LogP) is 16.3. The fourth-order valence-electron chi connectivity index (χ4n) is 10.3. The van der Waals surface area contributed by atoms with E-state index in [0.29, 0.717) is 0 Å². The molecule has 2 nitrogen and oxygen atoms in total. The number of benzene rings is 11. The molecule has 0 aliphatic heterocycles. The smallest absolute Gasteiger partial charge is 0.0541 e. The fourth-order valence-corrected chi connectivity index (χ4v) is 10.3. The van der Waals surface area contributed by atoms with E-state index in [4.69, 9.17) is 0 Å². The maximum atomic E-state index is 2.48. The van der Waals surface area contributed by atoms with E-state index in [-0.39, 0.29) is 0 Å². The largest absolute Gasteiger partial charge is 0.309 e. The molecule has 0 radical (unpaired) electrons. The van der Waals surface area contributed by atoms with Crippen molar-refractivity contribution in [3.63, 3.8) is 0 Å². The fraction of sp³-hybridized carbons (Fsp3) is 0. The van der Waals surface area contributed by atoms with Crippen molar-refractivity contribution in [3.8, 4) is 44.8 Å². The first-order chi connectivity index (χ1) is 30.8. The molecular weight excluding hydrogens is 749 g/mol. The van der Waals surface area contributed by atoms with Crippen molar-refractivity contribution in [2.45, 2.75) is 0 Å². The second-order valence-corrected chi connectivity index (χ2v) is 16.5. The summed E-state index contributed by atoms with van der Waals surface area (Å²) >= 11 is 0. The summed E-state index contributed by atoms with van der Waals surface area (Å²) in [6.45, 7) is 0. The van der Waals surface area contributed by atoms with E-state index in [1.165, 1.54) is 115 Å². The minimum atomic E-state index is 1.15. The van der Waals surface area contributed by atoms with Gasteiger partial charge in [-0.1, -0.05) is 170 Å². The van der Waals surface area contributed by atoms with Gasteiger partial charge < -0.3 is 9.13 Å². The van der Waals surface area contributed by atoms with Crippen LogP contribution in [0, 0.1) is 0 Å². The quantitative estimate of drug-likeness (QED) is 0.154. The van der Waals surface area contributed by atoms with Crippen LogP contribution in [0.2, 0.25) is 0 Å². The molecule has 62 heavy (non-hydrogen) atoms. The van der Waals surface area contributed by atoms with Gasteiger partial charge >= 0.3 is 0 Å². The number of hydrogen-bond acceptors (Lipinski definition) is 0. The van der Waals surface area contributed by atoms with Crippen molar-refractivity contribution in [2.24, 2.45) is 0 Å². The molecule has 0 aliphatic carbocycles. The molecule has 0 spiro atoms. The van der Waals surface area contributed by atoms with Gasteiger partial charge in [-0.05, 0) is 126 Å². The number of rotatable bonds is 5. The van der Waals surface area contributed by atoms with Crippen LogP contribution in [0.15, 0.2) is 231 Å². The molecule has 0 amide bonds. The molecule has 2 heteroatoms. The third-order valence-electron chi connectivity index (χ3n) is 13.1. The molecule has 13 rings (SSSR count). The Balaban J connectivity index is 1.04.